The molecule has 1 aromatic heterocycles. The van der Waals surface area contributed by atoms with Gasteiger partial charge in [-0.2, -0.15) is 11.3 Å². The number of benzene rings is 1. The molecule has 0 radical (unpaired) electrons. The van der Waals surface area contributed by atoms with E-state index in [0.29, 0.717) is 16.8 Å². The molecule has 2 aromatic rings. The van der Waals surface area contributed by atoms with Crippen molar-refractivity contribution in [3.63, 3.8) is 0 Å². The van der Waals surface area contributed by atoms with Gasteiger partial charge >= 0.3 is 0 Å². The van der Waals surface area contributed by atoms with Crippen LogP contribution in [0.2, 0.25) is 0 Å². The zero-order valence-corrected chi connectivity index (χ0v) is 10.9. The Labute approximate surface area is 106 Å². The summed E-state index contributed by atoms with van der Waals surface area (Å²) in [5.74, 6) is 0.411. The van der Waals surface area contributed by atoms with E-state index in [1.807, 2.05) is 5.38 Å². The molecule has 84 valence electrons. The highest BCUT2D eigenvalue weighted by molar-refractivity contribution is 9.10. The summed E-state index contributed by atoms with van der Waals surface area (Å²) in [5, 5.41) is 4.15. The Kier molecular flexibility index (Phi) is 3.96. The maximum atomic E-state index is 12.8. The predicted molar refractivity (Wildman–Crippen MR) is 67.6 cm³/mol. The maximum absolute atomic E-state index is 12.8. The van der Waals surface area contributed by atoms with Crippen LogP contribution < -0.4 is 4.74 Å². The third kappa shape index (κ3) is 3.06. The van der Waals surface area contributed by atoms with Crippen LogP contribution >= 0.6 is 27.3 Å². The van der Waals surface area contributed by atoms with E-state index < -0.39 is 0 Å². The highest BCUT2D eigenvalue weighted by atomic mass is 79.9. The lowest BCUT2D eigenvalue weighted by Gasteiger charge is -2.07. The minimum absolute atomic E-state index is 0.267. The molecule has 1 aromatic carbocycles. The van der Waals surface area contributed by atoms with Crippen LogP contribution in [0.25, 0.3) is 0 Å². The van der Waals surface area contributed by atoms with E-state index in [0.717, 1.165) is 6.42 Å². The van der Waals surface area contributed by atoms with Crippen LogP contribution in [0.4, 0.5) is 4.39 Å². The van der Waals surface area contributed by atoms with Crippen molar-refractivity contribution in [1.29, 1.82) is 0 Å². The van der Waals surface area contributed by atoms with Gasteiger partial charge in [0.1, 0.15) is 11.6 Å². The van der Waals surface area contributed by atoms with Crippen molar-refractivity contribution in [2.45, 2.75) is 6.42 Å². The first-order chi connectivity index (χ1) is 7.75. The summed E-state index contributed by atoms with van der Waals surface area (Å²) in [7, 11) is 0. The fourth-order valence-electron chi connectivity index (χ4n) is 1.31. The molecule has 0 bridgehead atoms. The fourth-order valence-corrected chi connectivity index (χ4v) is 2.47. The molecule has 1 nitrogen and oxygen atoms in total. The Balaban J connectivity index is 1.90. The summed E-state index contributed by atoms with van der Waals surface area (Å²) in [6.07, 6.45) is 0.868. The third-order valence-electron chi connectivity index (χ3n) is 2.12. The smallest absolute Gasteiger partial charge is 0.133 e. The average Bonchev–Trinajstić information content (AvgIpc) is 2.74. The van der Waals surface area contributed by atoms with Gasteiger partial charge in [0.15, 0.2) is 0 Å². The molecular weight excluding hydrogens is 291 g/mol. The zero-order chi connectivity index (χ0) is 11.4. The number of hydrogen-bond donors (Lipinski definition) is 0. The minimum Gasteiger partial charge on any atom is -0.492 e. The lowest BCUT2D eigenvalue weighted by molar-refractivity contribution is 0.319. The molecule has 1 heterocycles. The number of rotatable bonds is 4. The Bertz CT molecular complexity index is 456. The van der Waals surface area contributed by atoms with Crippen LogP contribution in [-0.4, -0.2) is 6.61 Å². The normalized spacial score (nSPS) is 10.4. The average molecular weight is 301 g/mol. The van der Waals surface area contributed by atoms with Crippen molar-refractivity contribution in [1.82, 2.24) is 0 Å². The topological polar surface area (TPSA) is 9.23 Å². The van der Waals surface area contributed by atoms with E-state index >= 15 is 0 Å². The molecular formula is C12H10BrFOS. The van der Waals surface area contributed by atoms with Gasteiger partial charge in [0.25, 0.3) is 0 Å². The van der Waals surface area contributed by atoms with Gasteiger partial charge in [-0.15, -0.1) is 0 Å². The van der Waals surface area contributed by atoms with E-state index in [4.69, 9.17) is 4.74 Å². The van der Waals surface area contributed by atoms with Crippen molar-refractivity contribution >= 4 is 27.3 Å². The summed E-state index contributed by atoms with van der Waals surface area (Å²) in [5.41, 5.74) is 1.27. The number of ether oxygens (including phenoxy) is 1. The molecule has 0 aliphatic rings. The standard InChI is InChI=1S/C12H10BrFOS/c13-11-7-10(14)1-2-12(11)15-5-3-9-4-6-16-8-9/h1-2,4,6-8H,3,5H2. The number of hydrogen-bond acceptors (Lipinski definition) is 2. The highest BCUT2D eigenvalue weighted by Gasteiger charge is 2.02. The highest BCUT2D eigenvalue weighted by Crippen LogP contribution is 2.25. The first kappa shape index (κ1) is 11.6. The van der Waals surface area contributed by atoms with Gasteiger partial charge in [-0.1, -0.05) is 0 Å². The van der Waals surface area contributed by atoms with Gasteiger partial charge in [0.05, 0.1) is 11.1 Å². The molecule has 0 amide bonds. The summed E-state index contributed by atoms with van der Waals surface area (Å²) < 4.78 is 19.0. The van der Waals surface area contributed by atoms with Crippen LogP contribution in [0.15, 0.2) is 39.5 Å². The van der Waals surface area contributed by atoms with Gasteiger partial charge < -0.3 is 4.74 Å². The van der Waals surface area contributed by atoms with Crippen LogP contribution in [0.5, 0.6) is 5.75 Å². The number of halogens is 2. The van der Waals surface area contributed by atoms with Gasteiger partial charge in [0, 0.05) is 6.42 Å². The van der Waals surface area contributed by atoms with Crippen molar-refractivity contribution in [2.24, 2.45) is 0 Å². The SMILES string of the molecule is Fc1ccc(OCCc2ccsc2)c(Br)c1. The molecule has 0 atom stereocenters. The molecule has 0 aliphatic carbocycles. The van der Waals surface area contributed by atoms with E-state index in [2.05, 4.69) is 27.4 Å². The largest absolute Gasteiger partial charge is 0.492 e. The molecule has 0 fully saturated rings. The molecule has 0 aliphatic heterocycles. The summed E-state index contributed by atoms with van der Waals surface area (Å²) in [6.45, 7) is 0.598. The van der Waals surface area contributed by atoms with E-state index in [9.17, 15) is 4.39 Å². The molecule has 0 saturated heterocycles. The second kappa shape index (κ2) is 5.46. The molecule has 2 rings (SSSR count). The summed E-state index contributed by atoms with van der Waals surface area (Å²) >= 11 is 4.94. The lowest BCUT2D eigenvalue weighted by Crippen LogP contribution is -2.01. The Hall–Kier alpha value is -0.870. The maximum Gasteiger partial charge on any atom is 0.133 e. The second-order valence-corrected chi connectivity index (χ2v) is 4.94. The molecule has 0 unspecified atom stereocenters. The van der Waals surface area contributed by atoms with Crippen molar-refractivity contribution < 1.29 is 9.13 Å². The molecule has 16 heavy (non-hydrogen) atoms. The molecule has 0 spiro atoms. The van der Waals surface area contributed by atoms with Gasteiger partial charge in [-0.3, -0.25) is 0 Å². The van der Waals surface area contributed by atoms with Crippen LogP contribution in [0, 0.1) is 5.82 Å². The zero-order valence-electron chi connectivity index (χ0n) is 8.45. The first-order valence-corrected chi connectivity index (χ1v) is 6.58. The first-order valence-electron chi connectivity index (χ1n) is 4.84. The fraction of sp³-hybridized carbons (Fsp3) is 0.167. The monoisotopic (exact) mass is 300 g/mol. The van der Waals surface area contributed by atoms with Crippen molar-refractivity contribution in [2.75, 3.05) is 6.61 Å². The Morgan fingerprint density at radius 3 is 2.88 bits per heavy atom. The number of thiophene rings is 1. The minimum atomic E-state index is -0.267. The van der Waals surface area contributed by atoms with E-state index in [-0.39, 0.29) is 5.82 Å². The van der Waals surface area contributed by atoms with Crippen LogP contribution in [0.1, 0.15) is 5.56 Å². The quantitative estimate of drug-likeness (QED) is 0.819. The van der Waals surface area contributed by atoms with Crippen LogP contribution in [0.3, 0.4) is 0 Å². The molecule has 4 heteroatoms. The van der Waals surface area contributed by atoms with Gasteiger partial charge in [-0.25, -0.2) is 4.39 Å². The molecule has 0 N–H and O–H groups in total. The molecule has 0 saturated carbocycles. The summed E-state index contributed by atoms with van der Waals surface area (Å²) in [6, 6.07) is 6.51. The second-order valence-electron chi connectivity index (χ2n) is 3.30. The van der Waals surface area contributed by atoms with E-state index in [1.165, 1.54) is 17.7 Å². The van der Waals surface area contributed by atoms with Gasteiger partial charge in [-0.05, 0) is 56.5 Å². The Morgan fingerprint density at radius 1 is 1.31 bits per heavy atom. The predicted octanol–water partition coefficient (Wildman–Crippen LogP) is 4.27. The summed E-state index contributed by atoms with van der Waals surface area (Å²) in [4.78, 5) is 0. The Morgan fingerprint density at radius 2 is 2.19 bits per heavy atom. The third-order valence-corrected chi connectivity index (χ3v) is 3.47. The van der Waals surface area contributed by atoms with E-state index in [1.54, 1.807) is 17.4 Å². The van der Waals surface area contributed by atoms with Crippen molar-refractivity contribution in [3.8, 4) is 5.75 Å². The van der Waals surface area contributed by atoms with Crippen molar-refractivity contribution in [3.05, 3.63) is 50.9 Å². The van der Waals surface area contributed by atoms with Crippen LogP contribution in [-0.2, 0) is 6.42 Å². The van der Waals surface area contributed by atoms with Gasteiger partial charge in [0.2, 0.25) is 0 Å². The lowest BCUT2D eigenvalue weighted by atomic mass is 10.2.